The summed E-state index contributed by atoms with van der Waals surface area (Å²) in [5, 5.41) is 15.0. The van der Waals surface area contributed by atoms with Crippen molar-refractivity contribution in [2.24, 2.45) is 0 Å². The number of hydrogen-bond acceptors (Lipinski definition) is 4. The molecule has 0 unspecified atom stereocenters. The standard InChI is InChI=1S/C30H16S4/c1-3-25(31-9-1)29-13-19-11-17-5-7-22-21(23(17)15-27(19)33-29)8-6-18-12-20-14-30(26-4-2-10-32-26)34-28(20)16-24(18)22/h1-16H. The van der Waals surface area contributed by atoms with Crippen molar-refractivity contribution in [3.8, 4) is 19.5 Å². The monoisotopic (exact) mass is 504 g/mol. The molecule has 0 aliphatic carbocycles. The lowest BCUT2D eigenvalue weighted by molar-refractivity contribution is 1.86. The van der Waals surface area contributed by atoms with Gasteiger partial charge >= 0.3 is 0 Å². The van der Waals surface area contributed by atoms with Crippen molar-refractivity contribution in [1.29, 1.82) is 0 Å². The molecule has 0 saturated carbocycles. The van der Waals surface area contributed by atoms with Crippen molar-refractivity contribution in [3.63, 3.8) is 0 Å². The van der Waals surface area contributed by atoms with E-state index in [1.807, 2.05) is 45.3 Å². The molecule has 160 valence electrons. The normalized spacial score (nSPS) is 12.1. The van der Waals surface area contributed by atoms with Crippen molar-refractivity contribution < 1.29 is 0 Å². The van der Waals surface area contributed by atoms with E-state index in [1.165, 1.54) is 72.0 Å². The fraction of sp³-hybridized carbons (Fsp3) is 0. The predicted molar refractivity (Wildman–Crippen MR) is 156 cm³/mol. The van der Waals surface area contributed by atoms with Gasteiger partial charge in [0.25, 0.3) is 0 Å². The molecular weight excluding hydrogens is 489 g/mol. The average Bonchev–Trinajstić information content (AvgIpc) is 3.66. The van der Waals surface area contributed by atoms with E-state index in [0.29, 0.717) is 0 Å². The fourth-order valence-corrected chi connectivity index (χ4v) is 8.85. The minimum atomic E-state index is 1.31. The van der Waals surface area contributed by atoms with Gasteiger partial charge in [0.05, 0.1) is 0 Å². The lowest BCUT2D eigenvalue weighted by Gasteiger charge is -2.08. The Bertz CT molecular complexity index is 1850. The zero-order valence-electron chi connectivity index (χ0n) is 17.9. The highest BCUT2D eigenvalue weighted by atomic mass is 32.1. The van der Waals surface area contributed by atoms with Gasteiger partial charge in [-0.3, -0.25) is 0 Å². The highest BCUT2D eigenvalue weighted by Gasteiger charge is 2.12. The molecule has 4 aromatic heterocycles. The summed E-state index contributed by atoms with van der Waals surface area (Å²) >= 11 is 7.42. The van der Waals surface area contributed by atoms with Crippen LogP contribution in [0.15, 0.2) is 95.7 Å². The molecule has 0 atom stereocenters. The SMILES string of the molecule is c1csc(-c2cc3cc4ccc5c6cc7sc(-c8cccs8)cc7cc6ccc5c4cc3s2)c1. The van der Waals surface area contributed by atoms with Crippen molar-refractivity contribution in [2.45, 2.75) is 0 Å². The summed E-state index contributed by atoms with van der Waals surface area (Å²) in [5.74, 6) is 0. The highest BCUT2D eigenvalue weighted by molar-refractivity contribution is 7.26. The molecule has 8 rings (SSSR count). The Balaban J connectivity index is 1.37. The Morgan fingerprint density at radius 1 is 0.382 bits per heavy atom. The maximum absolute atomic E-state index is 2.40. The van der Waals surface area contributed by atoms with E-state index in [-0.39, 0.29) is 0 Å². The molecule has 0 amide bonds. The minimum Gasteiger partial charge on any atom is -0.143 e. The third kappa shape index (κ3) is 2.87. The largest absolute Gasteiger partial charge is 0.143 e. The van der Waals surface area contributed by atoms with Crippen LogP contribution in [0.25, 0.3) is 72.0 Å². The molecule has 4 heteroatoms. The smallest absolute Gasteiger partial charge is 0.0455 e. The Labute approximate surface area is 212 Å². The van der Waals surface area contributed by atoms with E-state index in [9.17, 15) is 0 Å². The van der Waals surface area contributed by atoms with Crippen LogP contribution < -0.4 is 0 Å². The summed E-state index contributed by atoms with van der Waals surface area (Å²) in [4.78, 5) is 5.42. The number of hydrogen-bond donors (Lipinski definition) is 0. The molecule has 0 fully saturated rings. The first-order chi connectivity index (χ1) is 16.8. The minimum absolute atomic E-state index is 1.31. The van der Waals surface area contributed by atoms with Crippen molar-refractivity contribution in [2.75, 3.05) is 0 Å². The lowest BCUT2D eigenvalue weighted by atomic mass is 9.96. The zero-order valence-corrected chi connectivity index (χ0v) is 21.1. The molecule has 0 radical (unpaired) electrons. The van der Waals surface area contributed by atoms with Gasteiger partial charge in [0.2, 0.25) is 0 Å². The molecule has 0 spiro atoms. The van der Waals surface area contributed by atoms with E-state index in [4.69, 9.17) is 0 Å². The van der Waals surface area contributed by atoms with Crippen LogP contribution in [0.1, 0.15) is 0 Å². The molecule has 8 aromatic rings. The Morgan fingerprint density at radius 2 is 0.882 bits per heavy atom. The molecule has 0 aliphatic heterocycles. The quantitative estimate of drug-likeness (QED) is 0.205. The van der Waals surface area contributed by atoms with E-state index in [1.54, 1.807) is 0 Å². The van der Waals surface area contributed by atoms with Gasteiger partial charge in [-0.2, -0.15) is 0 Å². The van der Waals surface area contributed by atoms with Gasteiger partial charge in [-0.15, -0.1) is 45.3 Å². The third-order valence-corrected chi connectivity index (χ3v) is 11.0. The molecule has 0 aliphatic rings. The van der Waals surface area contributed by atoms with Gasteiger partial charge in [0.1, 0.15) is 0 Å². The Hall–Kier alpha value is -3.02. The highest BCUT2D eigenvalue weighted by Crippen LogP contribution is 2.42. The van der Waals surface area contributed by atoms with Crippen LogP contribution in [-0.4, -0.2) is 0 Å². The maximum Gasteiger partial charge on any atom is 0.0455 e. The number of thiophene rings is 4. The van der Waals surface area contributed by atoms with Gasteiger partial charge in [-0.1, -0.05) is 36.4 Å². The molecule has 0 saturated heterocycles. The summed E-state index contributed by atoms with van der Waals surface area (Å²) in [7, 11) is 0. The predicted octanol–water partition coefficient (Wildman–Crippen LogP) is 11.0. The second kappa shape index (κ2) is 7.24. The van der Waals surface area contributed by atoms with Crippen molar-refractivity contribution in [1.82, 2.24) is 0 Å². The van der Waals surface area contributed by atoms with Crippen molar-refractivity contribution in [3.05, 3.63) is 95.7 Å². The number of benzene rings is 4. The molecule has 0 nitrogen and oxygen atoms in total. The number of fused-ring (bicyclic) bond motifs is 7. The lowest BCUT2D eigenvalue weighted by Crippen LogP contribution is -1.81. The summed E-state index contributed by atoms with van der Waals surface area (Å²) in [5.41, 5.74) is 0. The van der Waals surface area contributed by atoms with Crippen LogP contribution in [0.3, 0.4) is 0 Å². The van der Waals surface area contributed by atoms with E-state index in [2.05, 4.69) is 95.7 Å². The third-order valence-electron chi connectivity index (χ3n) is 6.63. The molecule has 4 heterocycles. The van der Waals surface area contributed by atoms with Gasteiger partial charge in [0.15, 0.2) is 0 Å². The second-order valence-corrected chi connectivity index (χ2v) is 12.7. The molecule has 34 heavy (non-hydrogen) atoms. The Morgan fingerprint density at radius 3 is 1.32 bits per heavy atom. The van der Waals surface area contributed by atoms with E-state index < -0.39 is 0 Å². The van der Waals surface area contributed by atoms with E-state index >= 15 is 0 Å². The van der Waals surface area contributed by atoms with Crippen LogP contribution in [0.2, 0.25) is 0 Å². The summed E-state index contributed by atoms with van der Waals surface area (Å²) < 4.78 is 2.72. The molecule has 0 N–H and O–H groups in total. The second-order valence-electron chi connectivity index (χ2n) is 8.62. The van der Waals surface area contributed by atoms with Gasteiger partial charge in [-0.05, 0) is 102 Å². The summed E-state index contributed by atoms with van der Waals surface area (Å²) in [6.45, 7) is 0. The van der Waals surface area contributed by atoms with Crippen LogP contribution >= 0.6 is 45.3 Å². The summed E-state index contributed by atoms with van der Waals surface area (Å²) in [6.07, 6.45) is 0. The van der Waals surface area contributed by atoms with Gasteiger partial charge < -0.3 is 0 Å². The Kier molecular flexibility index (Phi) is 4.11. The van der Waals surface area contributed by atoms with Gasteiger partial charge in [-0.25, -0.2) is 0 Å². The van der Waals surface area contributed by atoms with Gasteiger partial charge in [0, 0.05) is 28.9 Å². The first kappa shape index (κ1) is 19.3. The number of rotatable bonds is 2. The van der Waals surface area contributed by atoms with Crippen LogP contribution in [-0.2, 0) is 0 Å². The van der Waals surface area contributed by atoms with Crippen LogP contribution in [0, 0.1) is 0 Å². The topological polar surface area (TPSA) is 0 Å². The average molecular weight is 505 g/mol. The zero-order chi connectivity index (χ0) is 22.2. The molecule has 4 aromatic carbocycles. The molecular formula is C30H16S4. The summed E-state index contributed by atoms with van der Waals surface area (Å²) in [6, 6.07) is 32.1. The van der Waals surface area contributed by atoms with Crippen molar-refractivity contribution >= 4 is 97.8 Å². The first-order valence-electron chi connectivity index (χ1n) is 11.1. The molecule has 0 bridgehead atoms. The van der Waals surface area contributed by atoms with E-state index in [0.717, 1.165) is 0 Å². The van der Waals surface area contributed by atoms with Crippen LogP contribution in [0.5, 0.6) is 0 Å². The van der Waals surface area contributed by atoms with Crippen LogP contribution in [0.4, 0.5) is 0 Å². The first-order valence-corrected chi connectivity index (χ1v) is 14.5. The maximum atomic E-state index is 2.40. The fourth-order valence-electron chi connectivity index (χ4n) is 5.03.